The molecule has 0 saturated carbocycles. The zero-order chi connectivity index (χ0) is 21.6. The van der Waals surface area contributed by atoms with Crippen LogP contribution < -0.4 is 14.8 Å². The molecule has 1 fully saturated rings. The largest absolute Gasteiger partial charge is 0.494 e. The molecule has 3 aromatic rings. The number of benzene rings is 2. The number of nitrogens with zero attached hydrogens (tertiary/aromatic N) is 3. The molecule has 162 valence electrons. The van der Waals surface area contributed by atoms with Crippen LogP contribution in [0.4, 0.5) is 14.7 Å². The van der Waals surface area contributed by atoms with Gasteiger partial charge in [0.25, 0.3) is 0 Å². The van der Waals surface area contributed by atoms with E-state index in [2.05, 4.69) is 20.2 Å². The van der Waals surface area contributed by atoms with E-state index in [9.17, 15) is 8.78 Å². The van der Waals surface area contributed by atoms with Crippen LogP contribution in [0.1, 0.15) is 18.4 Å². The van der Waals surface area contributed by atoms with E-state index in [0.717, 1.165) is 31.5 Å². The Morgan fingerprint density at radius 3 is 2.55 bits per heavy atom. The molecule has 0 aliphatic carbocycles. The number of anilines is 1. The van der Waals surface area contributed by atoms with E-state index in [1.54, 1.807) is 30.5 Å². The highest BCUT2D eigenvalue weighted by molar-refractivity contribution is 5.33. The van der Waals surface area contributed by atoms with Crippen molar-refractivity contribution in [3.63, 3.8) is 0 Å². The molecule has 1 aliphatic heterocycles. The second kappa shape index (κ2) is 9.70. The lowest BCUT2D eigenvalue weighted by atomic mass is 10.0. The summed E-state index contributed by atoms with van der Waals surface area (Å²) in [5.74, 6) is 1.00. The van der Waals surface area contributed by atoms with Gasteiger partial charge >= 0.3 is 0 Å². The molecule has 0 amide bonds. The topological polar surface area (TPSA) is 59.5 Å². The molecular formula is C23H24F2N4O2. The fourth-order valence-electron chi connectivity index (χ4n) is 3.58. The van der Waals surface area contributed by atoms with E-state index < -0.39 is 0 Å². The minimum atomic E-state index is -0.337. The summed E-state index contributed by atoms with van der Waals surface area (Å²) < 4.78 is 37.6. The Morgan fingerprint density at radius 1 is 1.06 bits per heavy atom. The quantitative estimate of drug-likeness (QED) is 0.594. The number of aromatic nitrogens is 2. The highest BCUT2D eigenvalue weighted by Gasteiger charge is 2.20. The van der Waals surface area contributed by atoms with Gasteiger partial charge in [0.15, 0.2) is 11.6 Å². The number of ether oxygens (including phenoxy) is 2. The van der Waals surface area contributed by atoms with Crippen molar-refractivity contribution in [2.24, 2.45) is 0 Å². The van der Waals surface area contributed by atoms with E-state index in [1.165, 1.54) is 25.3 Å². The molecule has 4 rings (SSSR count). The van der Waals surface area contributed by atoms with Crippen LogP contribution in [0.25, 0.3) is 0 Å². The Morgan fingerprint density at radius 2 is 1.84 bits per heavy atom. The molecule has 2 heterocycles. The zero-order valence-electron chi connectivity index (χ0n) is 17.2. The lowest BCUT2D eigenvalue weighted by Crippen LogP contribution is -2.39. The maximum absolute atomic E-state index is 13.9. The number of halogens is 2. The monoisotopic (exact) mass is 426 g/mol. The van der Waals surface area contributed by atoms with E-state index >= 15 is 0 Å². The van der Waals surface area contributed by atoms with Gasteiger partial charge in [-0.25, -0.2) is 13.8 Å². The molecule has 0 spiro atoms. The zero-order valence-corrected chi connectivity index (χ0v) is 17.2. The number of hydrogen-bond acceptors (Lipinski definition) is 6. The van der Waals surface area contributed by atoms with Crippen LogP contribution in [0.5, 0.6) is 17.4 Å². The van der Waals surface area contributed by atoms with Crippen molar-refractivity contribution < 1.29 is 18.3 Å². The Labute approximate surface area is 179 Å². The first kappa shape index (κ1) is 21.0. The Kier molecular flexibility index (Phi) is 6.57. The molecule has 6 nitrogen and oxygen atoms in total. The first-order valence-corrected chi connectivity index (χ1v) is 10.2. The Balaban J connectivity index is 1.28. The first-order valence-electron chi connectivity index (χ1n) is 10.2. The lowest BCUT2D eigenvalue weighted by molar-refractivity contribution is 0.210. The lowest BCUT2D eigenvalue weighted by Gasteiger charge is -2.32. The molecule has 1 aliphatic rings. The van der Waals surface area contributed by atoms with E-state index in [4.69, 9.17) is 9.47 Å². The van der Waals surface area contributed by atoms with Crippen LogP contribution in [0, 0.1) is 11.6 Å². The van der Waals surface area contributed by atoms with Crippen molar-refractivity contribution in [1.82, 2.24) is 14.9 Å². The summed E-state index contributed by atoms with van der Waals surface area (Å²) in [6.45, 7) is 2.47. The van der Waals surface area contributed by atoms with Crippen LogP contribution >= 0.6 is 0 Å². The number of methoxy groups -OCH3 is 1. The van der Waals surface area contributed by atoms with Crippen molar-refractivity contribution in [3.8, 4) is 17.4 Å². The summed E-state index contributed by atoms with van der Waals surface area (Å²) >= 11 is 0. The first-order chi connectivity index (χ1) is 15.1. The van der Waals surface area contributed by atoms with Gasteiger partial charge in [-0.15, -0.1) is 0 Å². The van der Waals surface area contributed by atoms with Crippen LogP contribution in [-0.4, -0.2) is 41.1 Å². The standard InChI is InChI=1S/C23H24F2N4O2/c1-30-21-7-2-16(14-20(21)25)15-29-12-9-18(10-13-29)27-23-26-11-8-22(28-23)31-19-5-3-17(24)4-6-19/h2-8,11,14,18H,9-10,12-13,15H2,1H3,(H,26,27,28). The van der Waals surface area contributed by atoms with Gasteiger partial charge in [-0.1, -0.05) is 6.07 Å². The van der Waals surface area contributed by atoms with Crippen molar-refractivity contribution in [2.45, 2.75) is 25.4 Å². The predicted octanol–water partition coefficient (Wildman–Crippen LogP) is 4.63. The number of piperidine rings is 1. The highest BCUT2D eigenvalue weighted by Crippen LogP contribution is 2.23. The molecule has 1 saturated heterocycles. The van der Waals surface area contributed by atoms with E-state index in [0.29, 0.717) is 24.1 Å². The van der Waals surface area contributed by atoms with Gasteiger partial charge in [-0.2, -0.15) is 4.98 Å². The van der Waals surface area contributed by atoms with Crippen molar-refractivity contribution in [3.05, 3.63) is 71.9 Å². The number of hydrogen-bond donors (Lipinski definition) is 1. The van der Waals surface area contributed by atoms with Gasteiger partial charge in [0.2, 0.25) is 11.8 Å². The van der Waals surface area contributed by atoms with Gasteiger partial charge in [0.05, 0.1) is 7.11 Å². The Hall–Kier alpha value is -3.26. The van der Waals surface area contributed by atoms with Crippen LogP contribution in [-0.2, 0) is 6.54 Å². The van der Waals surface area contributed by atoms with Gasteiger partial charge < -0.3 is 14.8 Å². The average molecular weight is 426 g/mol. The van der Waals surface area contributed by atoms with Crippen LogP contribution in [0.15, 0.2) is 54.7 Å². The summed E-state index contributed by atoms with van der Waals surface area (Å²) in [6, 6.07) is 12.8. The molecule has 1 N–H and O–H groups in total. The molecule has 2 aromatic carbocycles. The molecule has 0 atom stereocenters. The van der Waals surface area contributed by atoms with Gasteiger partial charge in [-0.05, 0) is 54.8 Å². The average Bonchev–Trinajstić information content (AvgIpc) is 2.77. The highest BCUT2D eigenvalue weighted by atomic mass is 19.1. The Bertz CT molecular complexity index is 1010. The molecule has 31 heavy (non-hydrogen) atoms. The third kappa shape index (κ3) is 5.67. The normalized spacial score (nSPS) is 14.9. The summed E-state index contributed by atoms with van der Waals surface area (Å²) in [6.07, 6.45) is 3.47. The molecule has 0 bridgehead atoms. The van der Waals surface area contributed by atoms with Crippen molar-refractivity contribution in [1.29, 1.82) is 0 Å². The van der Waals surface area contributed by atoms with E-state index in [1.807, 2.05) is 6.07 Å². The van der Waals surface area contributed by atoms with Gasteiger partial charge in [0.1, 0.15) is 11.6 Å². The second-order valence-electron chi connectivity index (χ2n) is 7.44. The van der Waals surface area contributed by atoms with Gasteiger partial charge in [0, 0.05) is 37.9 Å². The molecule has 0 unspecified atom stereocenters. The number of nitrogens with one attached hydrogen (secondary N) is 1. The van der Waals surface area contributed by atoms with Crippen LogP contribution in [0.3, 0.4) is 0 Å². The molecule has 8 heteroatoms. The van der Waals surface area contributed by atoms with Crippen molar-refractivity contribution in [2.75, 3.05) is 25.5 Å². The fourth-order valence-corrected chi connectivity index (χ4v) is 3.58. The minimum absolute atomic E-state index is 0.241. The third-order valence-corrected chi connectivity index (χ3v) is 5.21. The maximum atomic E-state index is 13.9. The van der Waals surface area contributed by atoms with Gasteiger partial charge in [-0.3, -0.25) is 4.90 Å². The summed E-state index contributed by atoms with van der Waals surface area (Å²) in [5.41, 5.74) is 0.929. The molecular weight excluding hydrogens is 402 g/mol. The SMILES string of the molecule is COc1ccc(CN2CCC(Nc3nccc(Oc4ccc(F)cc4)n3)CC2)cc1F. The second-order valence-corrected chi connectivity index (χ2v) is 7.44. The smallest absolute Gasteiger partial charge is 0.226 e. The summed E-state index contributed by atoms with van der Waals surface area (Å²) in [7, 11) is 1.46. The number of rotatable bonds is 7. The predicted molar refractivity (Wildman–Crippen MR) is 113 cm³/mol. The van der Waals surface area contributed by atoms with Crippen LogP contribution in [0.2, 0.25) is 0 Å². The maximum Gasteiger partial charge on any atom is 0.226 e. The number of likely N-dealkylation sites (tertiary alicyclic amines) is 1. The van der Waals surface area contributed by atoms with E-state index in [-0.39, 0.29) is 23.4 Å². The van der Waals surface area contributed by atoms with Crippen molar-refractivity contribution >= 4 is 5.95 Å². The summed E-state index contributed by atoms with van der Waals surface area (Å²) in [4.78, 5) is 11.0. The molecule has 1 aromatic heterocycles. The summed E-state index contributed by atoms with van der Waals surface area (Å²) in [5, 5.41) is 3.36. The third-order valence-electron chi connectivity index (χ3n) is 5.21. The minimum Gasteiger partial charge on any atom is -0.494 e. The fraction of sp³-hybridized carbons (Fsp3) is 0.304. The molecule has 0 radical (unpaired) electrons.